The number of nitrogens with zero attached hydrogens (tertiary/aromatic N) is 4. The summed E-state index contributed by atoms with van der Waals surface area (Å²) in [4.78, 5) is 2.15. The second kappa shape index (κ2) is 9.00. The Morgan fingerprint density at radius 2 is 1.68 bits per heavy atom. The zero-order valence-corrected chi connectivity index (χ0v) is 19.0. The Hall–Kier alpha value is -2.39. The van der Waals surface area contributed by atoms with Crippen molar-refractivity contribution in [2.75, 3.05) is 38.2 Å². The van der Waals surface area contributed by atoms with Gasteiger partial charge in [0, 0.05) is 31.7 Å². The first-order valence-corrected chi connectivity index (χ1v) is 11.8. The van der Waals surface area contributed by atoms with E-state index in [2.05, 4.69) is 10.2 Å². The van der Waals surface area contributed by atoms with Crippen molar-refractivity contribution in [1.29, 1.82) is 0 Å². The number of ether oxygens (including phenoxy) is 1. The molecule has 10 heteroatoms. The molecule has 4 rings (SSSR count). The van der Waals surface area contributed by atoms with Gasteiger partial charge >= 0.3 is 0 Å². The molecule has 0 aliphatic carbocycles. The molecule has 3 aromatic rings. The maximum absolute atomic E-state index is 12.9. The van der Waals surface area contributed by atoms with Crippen LogP contribution in [0, 0.1) is 0 Å². The Morgan fingerprint density at radius 1 is 0.903 bits per heavy atom. The van der Waals surface area contributed by atoms with Gasteiger partial charge < -0.3 is 9.64 Å². The van der Waals surface area contributed by atoms with Gasteiger partial charge in [0.05, 0.1) is 27.7 Å². The fraction of sp³-hybridized carbons (Fsp3) is 0.238. The third kappa shape index (κ3) is 4.62. The molecular weight excluding hydrogens is 459 g/mol. The van der Waals surface area contributed by atoms with Gasteiger partial charge in [0.1, 0.15) is 5.75 Å². The lowest BCUT2D eigenvalue weighted by molar-refractivity contribution is 0.383. The number of rotatable bonds is 5. The zero-order valence-electron chi connectivity index (χ0n) is 16.7. The van der Waals surface area contributed by atoms with Crippen molar-refractivity contribution in [3.05, 3.63) is 64.6 Å². The number of piperazine rings is 1. The first kappa shape index (κ1) is 21.8. The molecule has 1 saturated heterocycles. The Kier molecular flexibility index (Phi) is 6.34. The van der Waals surface area contributed by atoms with Crippen LogP contribution < -0.4 is 9.64 Å². The molecule has 2 aromatic carbocycles. The average Bonchev–Trinajstić information content (AvgIpc) is 2.81. The molecule has 0 atom stereocenters. The van der Waals surface area contributed by atoms with Gasteiger partial charge in [0.25, 0.3) is 0 Å². The second-order valence-electron chi connectivity index (χ2n) is 6.98. The van der Waals surface area contributed by atoms with E-state index in [1.807, 2.05) is 41.3 Å². The number of methoxy groups -OCH3 is 1. The third-order valence-corrected chi connectivity index (χ3v) is 7.74. The lowest BCUT2D eigenvalue weighted by atomic mass is 10.1. The van der Waals surface area contributed by atoms with Gasteiger partial charge in [-0.15, -0.1) is 10.2 Å². The molecular formula is C21H20Cl2N4O3S. The minimum Gasteiger partial charge on any atom is -0.497 e. The monoisotopic (exact) mass is 478 g/mol. The smallest absolute Gasteiger partial charge is 0.243 e. The zero-order chi connectivity index (χ0) is 22.0. The van der Waals surface area contributed by atoms with Crippen molar-refractivity contribution in [1.82, 2.24) is 14.5 Å². The summed E-state index contributed by atoms with van der Waals surface area (Å²) >= 11 is 11.9. The summed E-state index contributed by atoms with van der Waals surface area (Å²) in [6.07, 6.45) is 0. The van der Waals surface area contributed by atoms with E-state index in [-0.39, 0.29) is 9.92 Å². The number of halogens is 2. The van der Waals surface area contributed by atoms with Crippen LogP contribution in [-0.2, 0) is 10.0 Å². The van der Waals surface area contributed by atoms with E-state index in [0.29, 0.717) is 37.0 Å². The molecule has 7 nitrogen and oxygen atoms in total. The van der Waals surface area contributed by atoms with E-state index in [1.165, 1.54) is 22.5 Å². The van der Waals surface area contributed by atoms with Crippen LogP contribution in [-0.4, -0.2) is 56.2 Å². The Balaban J connectivity index is 1.44. The standard InChI is InChI=1S/C21H20Cl2N4O3S/c1-30-16-4-2-3-15(13-16)20-7-8-21(25-24-20)26-9-11-27(12-10-26)31(28,29)17-5-6-18(22)19(23)14-17/h2-8,13-14H,9-12H2,1H3. The van der Waals surface area contributed by atoms with Crippen molar-refractivity contribution in [3.8, 4) is 17.0 Å². The second-order valence-corrected chi connectivity index (χ2v) is 9.73. The summed E-state index contributed by atoms with van der Waals surface area (Å²) in [5.41, 5.74) is 1.65. The molecule has 0 unspecified atom stereocenters. The van der Waals surface area contributed by atoms with Crippen LogP contribution in [0.25, 0.3) is 11.3 Å². The largest absolute Gasteiger partial charge is 0.497 e. The number of aromatic nitrogens is 2. The Bertz CT molecular complexity index is 1180. The van der Waals surface area contributed by atoms with Crippen molar-refractivity contribution in [2.45, 2.75) is 4.90 Å². The number of sulfonamides is 1. The van der Waals surface area contributed by atoms with Crippen molar-refractivity contribution in [3.63, 3.8) is 0 Å². The van der Waals surface area contributed by atoms with Gasteiger partial charge in [-0.05, 0) is 42.5 Å². The van der Waals surface area contributed by atoms with Crippen LogP contribution in [0.15, 0.2) is 59.5 Å². The molecule has 0 saturated carbocycles. The van der Waals surface area contributed by atoms with Gasteiger partial charge in [0.15, 0.2) is 5.82 Å². The first-order valence-electron chi connectivity index (χ1n) is 9.57. The molecule has 162 valence electrons. The quantitative estimate of drug-likeness (QED) is 0.552. The molecule has 1 aliphatic heterocycles. The van der Waals surface area contributed by atoms with E-state index < -0.39 is 10.0 Å². The molecule has 1 fully saturated rings. The number of anilines is 1. The lowest BCUT2D eigenvalue weighted by Crippen LogP contribution is -2.49. The van der Waals surface area contributed by atoms with Crippen molar-refractivity contribution < 1.29 is 13.2 Å². The van der Waals surface area contributed by atoms with Gasteiger partial charge in [0.2, 0.25) is 10.0 Å². The van der Waals surface area contributed by atoms with Crippen LogP contribution in [0.5, 0.6) is 5.75 Å². The molecule has 2 heterocycles. The highest BCUT2D eigenvalue weighted by Crippen LogP contribution is 2.28. The van der Waals surface area contributed by atoms with Gasteiger partial charge in [-0.3, -0.25) is 0 Å². The average molecular weight is 479 g/mol. The van der Waals surface area contributed by atoms with E-state index >= 15 is 0 Å². The van der Waals surface area contributed by atoms with Gasteiger partial charge in [-0.1, -0.05) is 35.3 Å². The molecule has 1 aliphatic rings. The highest BCUT2D eigenvalue weighted by atomic mass is 35.5. The fourth-order valence-corrected chi connectivity index (χ4v) is 5.19. The van der Waals surface area contributed by atoms with E-state index in [1.54, 1.807) is 7.11 Å². The number of benzene rings is 2. The molecule has 0 radical (unpaired) electrons. The summed E-state index contributed by atoms with van der Waals surface area (Å²) in [7, 11) is -2.02. The van der Waals surface area contributed by atoms with E-state index in [0.717, 1.165) is 17.0 Å². The van der Waals surface area contributed by atoms with E-state index in [9.17, 15) is 8.42 Å². The van der Waals surface area contributed by atoms with E-state index in [4.69, 9.17) is 27.9 Å². The summed E-state index contributed by atoms with van der Waals surface area (Å²) in [5.74, 6) is 1.46. The molecule has 0 bridgehead atoms. The molecule has 0 spiro atoms. The van der Waals surface area contributed by atoms with Crippen LogP contribution in [0.4, 0.5) is 5.82 Å². The van der Waals surface area contributed by atoms with Crippen LogP contribution in [0.3, 0.4) is 0 Å². The summed E-state index contributed by atoms with van der Waals surface area (Å²) < 4.78 is 32.5. The molecule has 1 aromatic heterocycles. The highest BCUT2D eigenvalue weighted by Gasteiger charge is 2.29. The summed E-state index contributed by atoms with van der Waals surface area (Å²) in [6, 6.07) is 15.8. The van der Waals surface area contributed by atoms with Gasteiger partial charge in [-0.2, -0.15) is 4.31 Å². The predicted octanol–water partition coefficient (Wildman–Crippen LogP) is 3.97. The van der Waals surface area contributed by atoms with Crippen LogP contribution >= 0.6 is 23.2 Å². The maximum atomic E-state index is 12.9. The van der Waals surface area contributed by atoms with Crippen LogP contribution in [0.1, 0.15) is 0 Å². The first-order chi connectivity index (χ1) is 14.9. The topological polar surface area (TPSA) is 75.6 Å². The Labute approximate surface area is 191 Å². The number of hydrogen-bond acceptors (Lipinski definition) is 6. The number of hydrogen-bond donors (Lipinski definition) is 0. The normalized spacial score (nSPS) is 15.1. The maximum Gasteiger partial charge on any atom is 0.243 e. The van der Waals surface area contributed by atoms with Crippen LogP contribution in [0.2, 0.25) is 10.0 Å². The molecule has 0 amide bonds. The van der Waals surface area contributed by atoms with Crippen molar-refractivity contribution >= 4 is 39.0 Å². The third-order valence-electron chi connectivity index (χ3n) is 5.11. The lowest BCUT2D eigenvalue weighted by Gasteiger charge is -2.34. The minimum absolute atomic E-state index is 0.137. The summed E-state index contributed by atoms with van der Waals surface area (Å²) in [5, 5.41) is 9.20. The molecule has 31 heavy (non-hydrogen) atoms. The SMILES string of the molecule is COc1cccc(-c2ccc(N3CCN(S(=O)(=O)c4ccc(Cl)c(Cl)c4)CC3)nn2)c1. The minimum atomic E-state index is -3.64. The predicted molar refractivity (Wildman–Crippen MR) is 121 cm³/mol. The van der Waals surface area contributed by atoms with Crippen molar-refractivity contribution in [2.24, 2.45) is 0 Å². The fourth-order valence-electron chi connectivity index (χ4n) is 3.37. The highest BCUT2D eigenvalue weighted by molar-refractivity contribution is 7.89. The van der Waals surface area contributed by atoms with Gasteiger partial charge in [-0.25, -0.2) is 8.42 Å². The summed E-state index contributed by atoms with van der Waals surface area (Å²) in [6.45, 7) is 1.69. The molecule has 0 N–H and O–H groups in total. The Morgan fingerprint density at radius 3 is 2.32 bits per heavy atom.